The minimum Gasteiger partial charge on any atom is -0.300 e. The zero-order chi connectivity index (χ0) is 14.7. The molecule has 0 radical (unpaired) electrons. The lowest BCUT2D eigenvalue weighted by molar-refractivity contribution is -0.134. The van der Waals surface area contributed by atoms with Gasteiger partial charge in [0.25, 0.3) is 0 Å². The fraction of sp³-hybridized carbons (Fsp3) is 0.529. The van der Waals surface area contributed by atoms with Crippen molar-refractivity contribution in [2.75, 3.05) is 13.1 Å². The van der Waals surface area contributed by atoms with E-state index in [9.17, 15) is 9.59 Å². The standard InChI is InChI=1S/C17H23NO2/c1-12-4-6-15(7-5-12)10-18-9-13(2)17(20)16(11-18)8-14(3)19/h4-7,13,16H,8-11H2,1-3H3. The Bertz CT molecular complexity index is 492. The molecule has 1 aromatic carbocycles. The third-order valence-electron chi connectivity index (χ3n) is 3.96. The Morgan fingerprint density at radius 1 is 1.25 bits per heavy atom. The molecule has 2 unspecified atom stereocenters. The zero-order valence-corrected chi connectivity index (χ0v) is 12.6. The van der Waals surface area contributed by atoms with Gasteiger partial charge in [0, 0.05) is 37.9 Å². The van der Waals surface area contributed by atoms with Gasteiger partial charge in [-0.15, -0.1) is 0 Å². The first kappa shape index (κ1) is 14.9. The number of carbonyl (C=O) groups excluding carboxylic acids is 2. The van der Waals surface area contributed by atoms with Gasteiger partial charge in [-0.25, -0.2) is 0 Å². The Hall–Kier alpha value is -1.48. The Kier molecular flexibility index (Phi) is 4.71. The number of likely N-dealkylation sites (tertiary alicyclic amines) is 1. The van der Waals surface area contributed by atoms with Crippen LogP contribution in [-0.2, 0) is 16.1 Å². The predicted molar refractivity (Wildman–Crippen MR) is 79.4 cm³/mol. The predicted octanol–water partition coefficient (Wildman–Crippen LogP) is 2.61. The average molecular weight is 273 g/mol. The second-order valence-electron chi connectivity index (χ2n) is 6.09. The van der Waals surface area contributed by atoms with Crippen LogP contribution in [0.15, 0.2) is 24.3 Å². The number of Topliss-reactive ketones (excluding diaryl/α,β-unsaturated/α-hetero) is 2. The minimum absolute atomic E-state index is 0.0264. The topological polar surface area (TPSA) is 37.4 Å². The van der Waals surface area contributed by atoms with Gasteiger partial charge in [0.1, 0.15) is 11.6 Å². The van der Waals surface area contributed by atoms with E-state index in [0.29, 0.717) is 13.0 Å². The molecule has 0 N–H and O–H groups in total. The number of rotatable bonds is 4. The van der Waals surface area contributed by atoms with Gasteiger partial charge < -0.3 is 4.79 Å². The zero-order valence-electron chi connectivity index (χ0n) is 12.6. The number of hydrogen-bond donors (Lipinski definition) is 0. The molecule has 3 nitrogen and oxygen atoms in total. The van der Waals surface area contributed by atoms with Gasteiger partial charge in [-0.2, -0.15) is 0 Å². The van der Waals surface area contributed by atoms with Crippen LogP contribution in [0.4, 0.5) is 0 Å². The summed E-state index contributed by atoms with van der Waals surface area (Å²) in [7, 11) is 0. The summed E-state index contributed by atoms with van der Waals surface area (Å²) in [4.78, 5) is 25.7. The van der Waals surface area contributed by atoms with Crippen molar-refractivity contribution < 1.29 is 9.59 Å². The molecule has 0 aromatic heterocycles. The second kappa shape index (κ2) is 6.31. The molecule has 108 valence electrons. The molecule has 0 spiro atoms. The van der Waals surface area contributed by atoms with Crippen molar-refractivity contribution in [2.24, 2.45) is 11.8 Å². The monoisotopic (exact) mass is 273 g/mol. The molecular formula is C17H23NO2. The van der Waals surface area contributed by atoms with E-state index in [4.69, 9.17) is 0 Å². The molecule has 20 heavy (non-hydrogen) atoms. The molecule has 1 fully saturated rings. The molecule has 0 aliphatic carbocycles. The van der Waals surface area contributed by atoms with Crippen molar-refractivity contribution in [3.05, 3.63) is 35.4 Å². The number of aryl methyl sites for hydroxylation is 1. The number of benzene rings is 1. The van der Waals surface area contributed by atoms with Gasteiger partial charge in [-0.05, 0) is 19.4 Å². The smallest absolute Gasteiger partial charge is 0.141 e. The molecule has 2 atom stereocenters. The first-order valence-corrected chi connectivity index (χ1v) is 7.26. The molecule has 0 amide bonds. The van der Waals surface area contributed by atoms with E-state index in [1.807, 2.05) is 6.92 Å². The van der Waals surface area contributed by atoms with Crippen LogP contribution >= 0.6 is 0 Å². The summed E-state index contributed by atoms with van der Waals surface area (Å²) in [6, 6.07) is 8.49. The van der Waals surface area contributed by atoms with Crippen LogP contribution in [0.5, 0.6) is 0 Å². The van der Waals surface area contributed by atoms with Crippen molar-refractivity contribution in [1.29, 1.82) is 0 Å². The first-order valence-electron chi connectivity index (χ1n) is 7.26. The SMILES string of the molecule is CC(=O)CC1CN(Cc2ccc(C)cc2)CC(C)C1=O. The number of carbonyl (C=O) groups is 2. The van der Waals surface area contributed by atoms with Crippen LogP contribution < -0.4 is 0 Å². The van der Waals surface area contributed by atoms with Crippen molar-refractivity contribution in [3.63, 3.8) is 0 Å². The lowest BCUT2D eigenvalue weighted by atomic mass is 9.85. The Labute approximate surface area is 121 Å². The highest BCUT2D eigenvalue weighted by molar-refractivity contribution is 5.89. The van der Waals surface area contributed by atoms with E-state index in [-0.39, 0.29) is 23.4 Å². The molecule has 0 saturated carbocycles. The second-order valence-corrected chi connectivity index (χ2v) is 6.09. The van der Waals surface area contributed by atoms with E-state index in [1.165, 1.54) is 11.1 Å². The van der Waals surface area contributed by atoms with Gasteiger partial charge in [0.15, 0.2) is 0 Å². The third kappa shape index (κ3) is 3.76. The largest absolute Gasteiger partial charge is 0.300 e. The first-order chi connectivity index (χ1) is 9.45. The molecule has 1 heterocycles. The lowest BCUT2D eigenvalue weighted by Crippen LogP contribution is -2.45. The van der Waals surface area contributed by atoms with Crippen molar-refractivity contribution >= 4 is 11.6 Å². The molecule has 3 heteroatoms. The van der Waals surface area contributed by atoms with Gasteiger partial charge in [-0.1, -0.05) is 36.8 Å². The maximum Gasteiger partial charge on any atom is 0.141 e. The summed E-state index contributed by atoms with van der Waals surface area (Å²) in [5.74, 6) is 0.258. The highest BCUT2D eigenvalue weighted by atomic mass is 16.1. The summed E-state index contributed by atoms with van der Waals surface area (Å²) >= 11 is 0. The molecule has 1 aromatic rings. The number of ketones is 2. The van der Waals surface area contributed by atoms with E-state index in [0.717, 1.165) is 13.1 Å². The van der Waals surface area contributed by atoms with E-state index >= 15 is 0 Å². The van der Waals surface area contributed by atoms with Crippen LogP contribution in [-0.4, -0.2) is 29.6 Å². The summed E-state index contributed by atoms with van der Waals surface area (Å²) in [6.45, 7) is 7.96. The average Bonchev–Trinajstić information content (AvgIpc) is 2.37. The molecule has 0 bridgehead atoms. The molecular weight excluding hydrogens is 250 g/mol. The van der Waals surface area contributed by atoms with Gasteiger partial charge in [0.2, 0.25) is 0 Å². The Balaban J connectivity index is 2.03. The Morgan fingerprint density at radius 3 is 2.50 bits per heavy atom. The molecule has 1 aliphatic heterocycles. The molecule has 1 aliphatic rings. The highest BCUT2D eigenvalue weighted by Gasteiger charge is 2.33. The van der Waals surface area contributed by atoms with Crippen LogP contribution in [0.1, 0.15) is 31.4 Å². The number of hydrogen-bond acceptors (Lipinski definition) is 3. The third-order valence-corrected chi connectivity index (χ3v) is 3.96. The minimum atomic E-state index is -0.123. The Morgan fingerprint density at radius 2 is 1.90 bits per heavy atom. The molecule has 2 rings (SSSR count). The van der Waals surface area contributed by atoms with Crippen LogP contribution in [0, 0.1) is 18.8 Å². The number of piperidine rings is 1. The summed E-state index contributed by atoms with van der Waals surface area (Å²) in [6.07, 6.45) is 0.383. The quantitative estimate of drug-likeness (QED) is 0.846. The normalized spacial score (nSPS) is 23.9. The van der Waals surface area contributed by atoms with Crippen LogP contribution in [0.3, 0.4) is 0 Å². The summed E-state index contributed by atoms with van der Waals surface area (Å²) < 4.78 is 0. The lowest BCUT2D eigenvalue weighted by Gasteiger charge is -2.35. The maximum absolute atomic E-state index is 12.1. The van der Waals surface area contributed by atoms with E-state index in [2.05, 4.69) is 36.1 Å². The van der Waals surface area contributed by atoms with Gasteiger partial charge in [-0.3, -0.25) is 9.69 Å². The number of nitrogens with zero attached hydrogens (tertiary/aromatic N) is 1. The van der Waals surface area contributed by atoms with Gasteiger partial charge in [0.05, 0.1) is 0 Å². The summed E-state index contributed by atoms with van der Waals surface area (Å²) in [5.41, 5.74) is 2.52. The van der Waals surface area contributed by atoms with Crippen molar-refractivity contribution in [1.82, 2.24) is 4.90 Å². The van der Waals surface area contributed by atoms with Crippen molar-refractivity contribution in [2.45, 2.75) is 33.7 Å². The van der Waals surface area contributed by atoms with Crippen LogP contribution in [0.25, 0.3) is 0 Å². The summed E-state index contributed by atoms with van der Waals surface area (Å²) in [5, 5.41) is 0. The fourth-order valence-corrected chi connectivity index (χ4v) is 2.95. The van der Waals surface area contributed by atoms with E-state index < -0.39 is 0 Å². The van der Waals surface area contributed by atoms with E-state index in [1.54, 1.807) is 6.92 Å². The van der Waals surface area contributed by atoms with Gasteiger partial charge >= 0.3 is 0 Å². The van der Waals surface area contributed by atoms with Crippen LogP contribution in [0.2, 0.25) is 0 Å². The van der Waals surface area contributed by atoms with Crippen molar-refractivity contribution in [3.8, 4) is 0 Å². The maximum atomic E-state index is 12.1. The highest BCUT2D eigenvalue weighted by Crippen LogP contribution is 2.22. The molecule has 1 saturated heterocycles. The fourth-order valence-electron chi connectivity index (χ4n) is 2.95.